The monoisotopic (exact) mass is 540 g/mol. The van der Waals surface area contributed by atoms with Gasteiger partial charge in [0.1, 0.15) is 12.2 Å². The number of carbonyl (C=O) groups is 4. The molecule has 40 heavy (non-hydrogen) atoms. The fourth-order valence-corrected chi connectivity index (χ4v) is 4.15. The van der Waals surface area contributed by atoms with Crippen LogP contribution in [0.2, 0.25) is 0 Å². The molecule has 1 aliphatic rings. The van der Waals surface area contributed by atoms with Gasteiger partial charge in [0.05, 0.1) is 25.0 Å². The van der Waals surface area contributed by atoms with Gasteiger partial charge in [-0.2, -0.15) is 0 Å². The molecule has 0 saturated carbocycles. The molecule has 0 aliphatic carbocycles. The van der Waals surface area contributed by atoms with Gasteiger partial charge >= 0.3 is 12.0 Å². The zero-order chi connectivity index (χ0) is 28.6. The topological polar surface area (TPSA) is 111 Å². The normalized spacial score (nSPS) is 14.1. The fraction of sp³-hybridized carbons (Fsp3) is 0.161. The van der Waals surface area contributed by atoms with Crippen molar-refractivity contribution in [2.24, 2.45) is 0 Å². The fourth-order valence-electron chi connectivity index (χ4n) is 4.15. The lowest BCUT2D eigenvalue weighted by Crippen LogP contribution is -2.54. The van der Waals surface area contributed by atoms with Crippen LogP contribution in [0.4, 0.5) is 10.5 Å². The Kier molecular flexibility index (Phi) is 8.75. The number of ether oxygens (including phenoxy) is 3. The van der Waals surface area contributed by atoms with Crippen molar-refractivity contribution in [2.45, 2.75) is 20.0 Å². The molecule has 0 unspecified atom stereocenters. The first-order valence-corrected chi connectivity index (χ1v) is 12.5. The molecule has 1 fully saturated rings. The third kappa shape index (κ3) is 6.10. The first-order valence-electron chi connectivity index (χ1n) is 12.5. The van der Waals surface area contributed by atoms with E-state index in [1.165, 1.54) is 37.5 Å². The number of nitrogens with one attached hydrogen (secondary N) is 1. The van der Waals surface area contributed by atoms with E-state index in [1.807, 2.05) is 37.3 Å². The molecule has 1 N–H and O–H groups in total. The predicted octanol–water partition coefficient (Wildman–Crippen LogP) is 4.85. The number of esters is 1. The number of hydrogen-bond donors (Lipinski definition) is 1. The Morgan fingerprint density at radius 3 is 2.38 bits per heavy atom. The first-order chi connectivity index (χ1) is 19.4. The van der Waals surface area contributed by atoms with E-state index in [1.54, 1.807) is 18.2 Å². The summed E-state index contributed by atoms with van der Waals surface area (Å²) in [6, 6.07) is 17.9. The molecule has 0 bridgehead atoms. The highest BCUT2D eigenvalue weighted by Crippen LogP contribution is 2.36. The molecule has 1 heterocycles. The number of rotatable bonds is 10. The second-order valence-electron chi connectivity index (χ2n) is 8.70. The number of carbonyl (C=O) groups excluding carboxylic acids is 4. The van der Waals surface area contributed by atoms with Gasteiger partial charge in [0.25, 0.3) is 11.8 Å². The molecule has 0 radical (unpaired) electrons. The van der Waals surface area contributed by atoms with Crippen LogP contribution >= 0.6 is 0 Å². The minimum absolute atomic E-state index is 0.181. The van der Waals surface area contributed by atoms with Crippen molar-refractivity contribution in [3.05, 3.63) is 107 Å². The number of benzene rings is 3. The van der Waals surface area contributed by atoms with E-state index in [-0.39, 0.29) is 16.8 Å². The summed E-state index contributed by atoms with van der Waals surface area (Å²) in [6.45, 7) is 6.35. The summed E-state index contributed by atoms with van der Waals surface area (Å²) in [5, 5.41) is 2.20. The highest BCUT2D eigenvalue weighted by molar-refractivity contribution is 6.39. The van der Waals surface area contributed by atoms with Gasteiger partial charge in [0, 0.05) is 5.56 Å². The Bertz CT molecular complexity index is 1480. The molecule has 0 aromatic heterocycles. The van der Waals surface area contributed by atoms with Gasteiger partial charge in [-0.05, 0) is 66.9 Å². The molecule has 204 valence electrons. The molecular weight excluding hydrogens is 512 g/mol. The number of barbiturate groups is 1. The van der Waals surface area contributed by atoms with Crippen LogP contribution in [0.1, 0.15) is 34.0 Å². The lowest BCUT2D eigenvalue weighted by molar-refractivity contribution is -0.122. The number of imide groups is 2. The average molecular weight is 541 g/mol. The molecule has 9 nitrogen and oxygen atoms in total. The molecule has 9 heteroatoms. The second-order valence-corrected chi connectivity index (χ2v) is 8.70. The van der Waals surface area contributed by atoms with Crippen LogP contribution in [0.15, 0.2) is 85.0 Å². The van der Waals surface area contributed by atoms with Crippen molar-refractivity contribution in [2.75, 3.05) is 18.6 Å². The number of urea groups is 1. The van der Waals surface area contributed by atoms with E-state index >= 15 is 0 Å². The van der Waals surface area contributed by atoms with Gasteiger partial charge in [0.2, 0.25) is 0 Å². The molecule has 4 amide bonds. The molecule has 3 aromatic rings. The van der Waals surface area contributed by atoms with E-state index in [0.29, 0.717) is 36.7 Å². The minimum atomic E-state index is -0.898. The molecule has 3 aromatic carbocycles. The van der Waals surface area contributed by atoms with E-state index in [0.717, 1.165) is 16.0 Å². The zero-order valence-electron chi connectivity index (χ0n) is 22.1. The molecule has 1 aliphatic heterocycles. The van der Waals surface area contributed by atoms with E-state index in [2.05, 4.69) is 16.6 Å². The summed E-state index contributed by atoms with van der Waals surface area (Å²) in [7, 11) is 1.25. The summed E-state index contributed by atoms with van der Waals surface area (Å²) in [6.07, 6.45) is 3.56. The number of methoxy groups -OCH3 is 1. The van der Waals surface area contributed by atoms with E-state index in [4.69, 9.17) is 9.47 Å². The largest absolute Gasteiger partial charge is 0.490 e. The summed E-state index contributed by atoms with van der Waals surface area (Å²) in [5.41, 5.74) is 2.41. The SMILES string of the molecule is C=CCc1cc(/C=C2\C(=O)NC(=O)N(c3ccc(C(=O)OC)cc3)C2=O)cc(OCC)c1OCc1ccccc1. The quantitative estimate of drug-likeness (QED) is 0.169. The predicted molar refractivity (Wildman–Crippen MR) is 149 cm³/mol. The third-order valence-electron chi connectivity index (χ3n) is 6.00. The number of allylic oxidation sites excluding steroid dienone is 1. The van der Waals surface area contributed by atoms with Crippen molar-refractivity contribution < 1.29 is 33.4 Å². The molecule has 0 spiro atoms. The summed E-state index contributed by atoms with van der Waals surface area (Å²) >= 11 is 0. The third-order valence-corrected chi connectivity index (χ3v) is 6.00. The summed E-state index contributed by atoms with van der Waals surface area (Å²) < 4.78 is 16.7. The zero-order valence-corrected chi connectivity index (χ0v) is 22.1. The second kappa shape index (κ2) is 12.6. The van der Waals surface area contributed by atoms with Crippen molar-refractivity contribution >= 4 is 35.6 Å². The molecule has 1 saturated heterocycles. The van der Waals surface area contributed by atoms with Gasteiger partial charge < -0.3 is 14.2 Å². The van der Waals surface area contributed by atoms with Crippen molar-refractivity contribution in [3.8, 4) is 11.5 Å². The minimum Gasteiger partial charge on any atom is -0.490 e. The lowest BCUT2D eigenvalue weighted by atomic mass is 10.0. The van der Waals surface area contributed by atoms with Gasteiger partial charge in [0.15, 0.2) is 11.5 Å². The number of amides is 4. The Morgan fingerprint density at radius 2 is 1.73 bits per heavy atom. The van der Waals surface area contributed by atoms with Crippen LogP contribution < -0.4 is 19.7 Å². The van der Waals surface area contributed by atoms with Gasteiger partial charge in [-0.3, -0.25) is 14.9 Å². The summed E-state index contributed by atoms with van der Waals surface area (Å²) in [4.78, 5) is 51.3. The van der Waals surface area contributed by atoms with Gasteiger partial charge in [-0.25, -0.2) is 14.5 Å². The molecule has 0 atom stereocenters. The maximum absolute atomic E-state index is 13.4. The van der Waals surface area contributed by atoms with Gasteiger partial charge in [-0.1, -0.05) is 36.4 Å². The Hall–Kier alpha value is -5.18. The first kappa shape index (κ1) is 27.8. The number of hydrogen-bond acceptors (Lipinski definition) is 7. The number of anilines is 1. The highest BCUT2D eigenvalue weighted by atomic mass is 16.5. The lowest BCUT2D eigenvalue weighted by Gasteiger charge is -2.26. The van der Waals surface area contributed by atoms with Crippen molar-refractivity contribution in [1.29, 1.82) is 0 Å². The maximum Gasteiger partial charge on any atom is 0.337 e. The highest BCUT2D eigenvalue weighted by Gasteiger charge is 2.37. The van der Waals surface area contributed by atoms with Crippen molar-refractivity contribution in [3.63, 3.8) is 0 Å². The maximum atomic E-state index is 13.4. The molecular formula is C31H28N2O7. The molecule has 4 rings (SSSR count). The van der Waals surface area contributed by atoms with Crippen LogP contribution in [0, 0.1) is 0 Å². The van der Waals surface area contributed by atoms with Gasteiger partial charge in [-0.15, -0.1) is 6.58 Å². The Balaban J connectivity index is 1.70. The number of nitrogens with zero attached hydrogens (tertiary/aromatic N) is 1. The van der Waals surface area contributed by atoms with Crippen LogP contribution in [0.3, 0.4) is 0 Å². The summed E-state index contributed by atoms with van der Waals surface area (Å²) in [5.74, 6) is -1.22. The van der Waals surface area contributed by atoms with Crippen LogP contribution in [0.25, 0.3) is 6.08 Å². The standard InChI is InChI=1S/C31H28N2O7/c1-4-9-23-16-21(18-26(39-5-2)27(23)40-19-20-10-7-6-8-11-20)17-25-28(34)32-31(37)33(29(25)35)24-14-12-22(13-15-24)30(36)38-3/h4,6-8,10-18H,1,5,9,19H2,2-3H3,(H,32,34,37)/b25-17+. The van der Waals surface area contributed by atoms with E-state index in [9.17, 15) is 19.2 Å². The Morgan fingerprint density at radius 1 is 1.00 bits per heavy atom. The van der Waals surface area contributed by atoms with Crippen LogP contribution in [-0.2, 0) is 27.4 Å². The smallest absolute Gasteiger partial charge is 0.337 e. The van der Waals surface area contributed by atoms with Crippen LogP contribution in [-0.4, -0.2) is 37.5 Å². The Labute approximate surface area is 231 Å². The van der Waals surface area contributed by atoms with Crippen molar-refractivity contribution in [1.82, 2.24) is 5.32 Å². The van der Waals surface area contributed by atoms with Crippen LogP contribution in [0.5, 0.6) is 11.5 Å². The average Bonchev–Trinajstić information content (AvgIpc) is 2.95. The van der Waals surface area contributed by atoms with E-state index < -0.39 is 23.8 Å².